The van der Waals surface area contributed by atoms with E-state index in [-0.39, 0.29) is 0 Å². The third kappa shape index (κ3) is 0.661. The largest absolute Gasteiger partial charge is 0.366 e. The highest BCUT2D eigenvalue weighted by molar-refractivity contribution is 5.23. The summed E-state index contributed by atoms with van der Waals surface area (Å²) in [4.78, 5) is 4.19. The molecule has 0 fully saturated rings. The highest BCUT2D eigenvalue weighted by Crippen LogP contribution is 1.97. The molecule has 0 bridgehead atoms. The first-order chi connectivity index (χ1) is 4.97. The van der Waals surface area contributed by atoms with Crippen LogP contribution in [0.3, 0.4) is 0 Å². The number of rotatable bonds is 1. The summed E-state index contributed by atoms with van der Waals surface area (Å²) in [5, 5.41) is 13.8. The van der Waals surface area contributed by atoms with Crippen LogP contribution in [0, 0.1) is 0 Å². The van der Waals surface area contributed by atoms with Gasteiger partial charge in [0.05, 0.1) is 0 Å². The van der Waals surface area contributed by atoms with Crippen LogP contribution in [0.1, 0.15) is 0 Å². The minimum atomic E-state index is 0.824. The molecule has 6 nitrogen and oxygen atoms in total. The zero-order chi connectivity index (χ0) is 6.81. The van der Waals surface area contributed by atoms with Crippen LogP contribution in [0.25, 0.3) is 5.69 Å². The Balaban J connectivity index is 2.48. The Hall–Kier alpha value is -1.72. The topological polar surface area (TPSA) is 72.3 Å². The van der Waals surface area contributed by atoms with Crippen molar-refractivity contribution in [2.75, 3.05) is 0 Å². The van der Waals surface area contributed by atoms with Gasteiger partial charge in [0.25, 0.3) is 0 Å². The molecule has 2 rings (SSSR count). The van der Waals surface area contributed by atoms with Gasteiger partial charge in [0.15, 0.2) is 0 Å². The van der Waals surface area contributed by atoms with Gasteiger partial charge in [-0.3, -0.25) is 0 Å². The molecular formula is C4H4N6. The molecule has 0 aliphatic heterocycles. The quantitative estimate of drug-likeness (QED) is 0.567. The molecule has 0 atom stereocenters. The minimum Gasteiger partial charge on any atom is -0.366 e. The summed E-state index contributed by atoms with van der Waals surface area (Å²) < 4.78 is 0. The van der Waals surface area contributed by atoms with Crippen molar-refractivity contribution in [1.29, 1.82) is 0 Å². The molecule has 0 unspecified atom stereocenters. The van der Waals surface area contributed by atoms with Gasteiger partial charge in [0.1, 0.15) is 5.69 Å². The number of nitrogens with zero attached hydrogens (tertiary/aromatic N) is 5. The molecule has 6 heteroatoms. The third-order valence-electron chi connectivity index (χ3n) is 1.10. The predicted molar refractivity (Wildman–Crippen MR) is 31.3 cm³/mol. The average Bonchev–Trinajstić information content (AvgIpc) is 2.59. The van der Waals surface area contributed by atoms with Crippen LogP contribution in [0.2, 0.25) is 0 Å². The molecule has 0 amide bonds. The molecule has 2 aromatic heterocycles. The van der Waals surface area contributed by atoms with Crippen molar-refractivity contribution in [1.82, 2.24) is 30.6 Å². The first-order valence-corrected chi connectivity index (χ1v) is 2.71. The van der Waals surface area contributed by atoms with Gasteiger partial charge in [-0.25, -0.2) is 0 Å². The Morgan fingerprint density at radius 3 is 2.70 bits per heavy atom. The molecule has 0 aromatic carbocycles. The van der Waals surface area contributed by atoms with Gasteiger partial charge >= 0.3 is 0 Å². The van der Waals surface area contributed by atoms with Gasteiger partial charge in [0.2, 0.25) is 0 Å². The number of nitrogens with one attached hydrogen (secondary N) is 1. The van der Waals surface area contributed by atoms with Gasteiger partial charge < -0.3 is 4.98 Å². The molecule has 0 spiro atoms. The molecule has 0 aliphatic carbocycles. The number of aromatic amines is 1. The molecule has 0 aliphatic rings. The van der Waals surface area contributed by atoms with Crippen LogP contribution in [0.5, 0.6) is 0 Å². The van der Waals surface area contributed by atoms with Crippen molar-refractivity contribution in [2.24, 2.45) is 0 Å². The molecular weight excluding hydrogens is 132 g/mol. The van der Waals surface area contributed by atoms with E-state index in [9.17, 15) is 0 Å². The Morgan fingerprint density at radius 2 is 2.10 bits per heavy atom. The van der Waals surface area contributed by atoms with Crippen molar-refractivity contribution in [3.63, 3.8) is 0 Å². The lowest BCUT2D eigenvalue weighted by Crippen LogP contribution is -1.96. The van der Waals surface area contributed by atoms with E-state index in [0.29, 0.717) is 0 Å². The highest BCUT2D eigenvalue weighted by Gasteiger charge is 1.96. The minimum absolute atomic E-state index is 0.824. The van der Waals surface area contributed by atoms with Gasteiger partial charge in [-0.2, -0.15) is 0 Å². The third-order valence-corrected chi connectivity index (χ3v) is 1.10. The molecule has 0 radical (unpaired) electrons. The summed E-state index contributed by atoms with van der Waals surface area (Å²) in [6.45, 7) is 0. The van der Waals surface area contributed by atoms with Crippen LogP contribution < -0.4 is 0 Å². The van der Waals surface area contributed by atoms with E-state index < -0.39 is 0 Å². The molecule has 1 N–H and O–H groups in total. The fourth-order valence-electron chi connectivity index (χ4n) is 0.672. The maximum atomic E-state index is 3.58. The normalized spacial score (nSPS) is 10.0. The second-order valence-corrected chi connectivity index (χ2v) is 1.72. The summed E-state index contributed by atoms with van der Waals surface area (Å²) >= 11 is 0. The Bertz CT molecular complexity index is 249. The molecule has 50 valence electrons. The molecule has 2 heterocycles. The number of H-pyrrole nitrogens is 1. The zero-order valence-electron chi connectivity index (χ0n) is 4.97. The second-order valence-electron chi connectivity index (χ2n) is 1.72. The predicted octanol–water partition coefficient (Wildman–Crippen LogP) is -0.615. The first kappa shape index (κ1) is 5.10. The van der Waals surface area contributed by atoms with Crippen molar-refractivity contribution in [3.05, 3.63) is 18.5 Å². The van der Waals surface area contributed by atoms with E-state index in [1.807, 2.05) is 6.07 Å². The molecule has 10 heavy (non-hydrogen) atoms. The SMILES string of the molecule is c1cc(-n2nnnn2)c[nH]1. The number of hydrogen-bond acceptors (Lipinski definition) is 4. The first-order valence-electron chi connectivity index (χ1n) is 2.71. The Labute approximate surface area is 55.8 Å². The summed E-state index contributed by atoms with van der Waals surface area (Å²) in [6.07, 6.45) is 3.53. The van der Waals surface area contributed by atoms with Crippen molar-refractivity contribution in [2.45, 2.75) is 0 Å². The fourth-order valence-corrected chi connectivity index (χ4v) is 0.672. The fraction of sp³-hybridized carbons (Fsp3) is 0. The van der Waals surface area contributed by atoms with Gasteiger partial charge in [-0.15, -0.1) is 4.80 Å². The molecule has 0 saturated heterocycles. The monoisotopic (exact) mass is 136 g/mol. The summed E-state index contributed by atoms with van der Waals surface area (Å²) in [7, 11) is 0. The van der Waals surface area contributed by atoms with Crippen LogP contribution in [-0.4, -0.2) is 30.6 Å². The highest BCUT2D eigenvalue weighted by atomic mass is 15.7. The van der Waals surface area contributed by atoms with Crippen molar-refractivity contribution < 1.29 is 0 Å². The lowest BCUT2D eigenvalue weighted by atomic mass is 10.6. The van der Waals surface area contributed by atoms with Crippen LogP contribution in [0.4, 0.5) is 0 Å². The van der Waals surface area contributed by atoms with E-state index >= 15 is 0 Å². The summed E-state index contributed by atoms with van der Waals surface area (Å²) in [5.41, 5.74) is 0.824. The lowest BCUT2D eigenvalue weighted by Gasteiger charge is -1.85. The van der Waals surface area contributed by atoms with Gasteiger partial charge in [-0.05, 0) is 26.9 Å². The summed E-state index contributed by atoms with van der Waals surface area (Å²) in [5.74, 6) is 0. The van der Waals surface area contributed by atoms with Crippen LogP contribution in [0.15, 0.2) is 18.5 Å². The van der Waals surface area contributed by atoms with Gasteiger partial charge in [0, 0.05) is 12.4 Å². The lowest BCUT2D eigenvalue weighted by molar-refractivity contribution is 0.713. The summed E-state index contributed by atoms with van der Waals surface area (Å²) in [6, 6.07) is 1.82. The second kappa shape index (κ2) is 1.90. The van der Waals surface area contributed by atoms with E-state index in [2.05, 4.69) is 25.8 Å². The van der Waals surface area contributed by atoms with E-state index in [1.54, 1.807) is 12.4 Å². The van der Waals surface area contributed by atoms with Crippen LogP contribution >= 0.6 is 0 Å². The van der Waals surface area contributed by atoms with E-state index in [0.717, 1.165) is 5.69 Å². The molecule has 0 saturated carbocycles. The standard InChI is InChI=1S/C4H4N6/c1-2-5-3-4(1)10-8-6-7-9-10/h1-3,5H. The average molecular weight is 136 g/mol. The maximum absolute atomic E-state index is 3.58. The molecule has 2 aromatic rings. The maximum Gasteiger partial charge on any atom is 0.107 e. The van der Waals surface area contributed by atoms with Crippen LogP contribution in [-0.2, 0) is 0 Å². The van der Waals surface area contributed by atoms with E-state index in [1.165, 1.54) is 4.80 Å². The van der Waals surface area contributed by atoms with E-state index in [4.69, 9.17) is 0 Å². The van der Waals surface area contributed by atoms with Gasteiger partial charge in [-0.1, -0.05) is 0 Å². The van der Waals surface area contributed by atoms with Crippen molar-refractivity contribution in [3.8, 4) is 5.69 Å². The number of hydrogen-bond donors (Lipinski definition) is 1. The smallest absolute Gasteiger partial charge is 0.107 e. The Morgan fingerprint density at radius 1 is 1.30 bits per heavy atom. The van der Waals surface area contributed by atoms with Crippen molar-refractivity contribution >= 4 is 0 Å². The zero-order valence-corrected chi connectivity index (χ0v) is 4.97. The number of aromatic nitrogens is 6. The Kier molecular flexibility index (Phi) is 0.970.